The van der Waals surface area contributed by atoms with Crippen LogP contribution in [0.15, 0.2) is 41.8 Å². The molecule has 0 atom stereocenters. The Morgan fingerprint density at radius 2 is 2.17 bits per heavy atom. The zero-order chi connectivity index (χ0) is 12.8. The van der Waals surface area contributed by atoms with Gasteiger partial charge in [0.25, 0.3) is 0 Å². The van der Waals surface area contributed by atoms with Crippen molar-refractivity contribution in [3.05, 3.63) is 36.7 Å². The van der Waals surface area contributed by atoms with Gasteiger partial charge in [-0.25, -0.2) is 4.98 Å². The smallest absolute Gasteiger partial charge is 0.173 e. The van der Waals surface area contributed by atoms with Gasteiger partial charge < -0.3 is 4.74 Å². The number of ether oxygens (including phenoxy) is 1. The molecule has 0 aliphatic rings. The predicted octanol–water partition coefficient (Wildman–Crippen LogP) is 2.89. The number of benzene rings is 1. The van der Waals surface area contributed by atoms with Crippen LogP contribution >= 0.6 is 11.8 Å². The predicted molar refractivity (Wildman–Crippen MR) is 71.1 cm³/mol. The first-order valence-electron chi connectivity index (χ1n) is 5.61. The van der Waals surface area contributed by atoms with Crippen LogP contribution in [-0.2, 0) is 0 Å². The van der Waals surface area contributed by atoms with E-state index in [-0.39, 0.29) is 0 Å². The van der Waals surface area contributed by atoms with E-state index < -0.39 is 0 Å². The topological polar surface area (TPSA) is 50.8 Å². The molecule has 0 unspecified atom stereocenters. The Hall–Kier alpha value is -1.93. The van der Waals surface area contributed by atoms with E-state index in [2.05, 4.69) is 11.1 Å². The Morgan fingerprint density at radius 3 is 2.83 bits per heavy atom. The van der Waals surface area contributed by atoms with E-state index >= 15 is 0 Å². The minimum Gasteiger partial charge on any atom is -0.494 e. The fraction of sp³-hybridized carbons (Fsp3) is 0.231. The molecule has 18 heavy (non-hydrogen) atoms. The molecule has 1 aromatic heterocycles. The van der Waals surface area contributed by atoms with Gasteiger partial charge in [0.05, 0.1) is 18.4 Å². The van der Waals surface area contributed by atoms with Crippen LogP contribution in [0.3, 0.4) is 0 Å². The fourth-order valence-electron chi connectivity index (χ4n) is 1.56. The Bertz CT molecular complexity index is 542. The van der Waals surface area contributed by atoms with E-state index in [1.807, 2.05) is 42.0 Å². The summed E-state index contributed by atoms with van der Waals surface area (Å²) in [7, 11) is 0. The van der Waals surface area contributed by atoms with Gasteiger partial charge in [-0.3, -0.25) is 4.57 Å². The van der Waals surface area contributed by atoms with E-state index in [9.17, 15) is 0 Å². The summed E-state index contributed by atoms with van der Waals surface area (Å²) in [5.41, 5.74) is 1.01. The van der Waals surface area contributed by atoms with E-state index in [0.29, 0.717) is 12.4 Å². The van der Waals surface area contributed by atoms with Crippen molar-refractivity contribution < 1.29 is 4.74 Å². The quantitative estimate of drug-likeness (QED) is 0.775. The highest BCUT2D eigenvalue weighted by molar-refractivity contribution is 7.99. The Morgan fingerprint density at radius 1 is 1.39 bits per heavy atom. The lowest BCUT2D eigenvalue weighted by Crippen LogP contribution is -1.96. The van der Waals surface area contributed by atoms with Gasteiger partial charge >= 0.3 is 0 Å². The van der Waals surface area contributed by atoms with Crippen molar-refractivity contribution in [2.45, 2.75) is 12.1 Å². The average molecular weight is 259 g/mol. The second-order valence-electron chi connectivity index (χ2n) is 3.45. The van der Waals surface area contributed by atoms with Gasteiger partial charge in [0.2, 0.25) is 0 Å². The maximum absolute atomic E-state index is 8.60. The van der Waals surface area contributed by atoms with E-state index in [0.717, 1.165) is 16.6 Å². The van der Waals surface area contributed by atoms with Crippen molar-refractivity contribution in [2.75, 3.05) is 12.4 Å². The molecule has 2 rings (SSSR count). The van der Waals surface area contributed by atoms with Gasteiger partial charge in [-0.15, -0.1) is 0 Å². The lowest BCUT2D eigenvalue weighted by molar-refractivity contribution is 0.340. The number of nitrogens with zero attached hydrogens (tertiary/aromatic N) is 3. The summed E-state index contributed by atoms with van der Waals surface area (Å²) in [4.78, 5) is 4.23. The Kier molecular flexibility index (Phi) is 4.26. The molecule has 1 aromatic carbocycles. The molecule has 0 aliphatic carbocycles. The number of hydrogen-bond acceptors (Lipinski definition) is 4. The molecule has 0 bridgehead atoms. The first kappa shape index (κ1) is 12.5. The molecule has 1 heterocycles. The minimum absolute atomic E-state index is 0.397. The molecule has 0 amide bonds. The van der Waals surface area contributed by atoms with Crippen molar-refractivity contribution in [3.63, 3.8) is 0 Å². The lowest BCUT2D eigenvalue weighted by Gasteiger charge is -2.08. The van der Waals surface area contributed by atoms with Crippen LogP contribution in [0.4, 0.5) is 0 Å². The van der Waals surface area contributed by atoms with Crippen molar-refractivity contribution in [3.8, 4) is 17.5 Å². The zero-order valence-electron chi connectivity index (χ0n) is 10.0. The van der Waals surface area contributed by atoms with Gasteiger partial charge in [-0.05, 0) is 31.2 Å². The number of thioether (sulfide) groups is 1. The molecule has 92 valence electrons. The number of rotatable bonds is 5. The van der Waals surface area contributed by atoms with Gasteiger partial charge in [-0.2, -0.15) is 5.26 Å². The molecule has 0 aliphatic heterocycles. The molecule has 2 aromatic rings. The van der Waals surface area contributed by atoms with Crippen LogP contribution in [0.25, 0.3) is 5.69 Å². The summed E-state index contributed by atoms with van der Waals surface area (Å²) in [5.74, 6) is 1.25. The average Bonchev–Trinajstić information content (AvgIpc) is 2.86. The third-order valence-electron chi connectivity index (χ3n) is 2.30. The lowest BCUT2D eigenvalue weighted by atomic mass is 10.3. The van der Waals surface area contributed by atoms with Crippen LogP contribution in [0, 0.1) is 11.3 Å². The standard InChI is InChI=1S/C13H13N3OS/c1-2-17-12-5-3-11(4-6-12)16-9-8-15-13(16)18-10-7-14/h3-6,8-9H,2,10H2,1H3. The SMILES string of the molecule is CCOc1ccc(-n2ccnc2SCC#N)cc1. The first-order chi connectivity index (χ1) is 8.85. The summed E-state index contributed by atoms with van der Waals surface area (Å²) in [6.45, 7) is 2.62. The second kappa shape index (κ2) is 6.12. The van der Waals surface area contributed by atoms with Gasteiger partial charge in [0.1, 0.15) is 5.75 Å². The highest BCUT2D eigenvalue weighted by Gasteiger charge is 2.05. The monoisotopic (exact) mass is 259 g/mol. The normalized spacial score (nSPS) is 10.0. The molecule has 4 nitrogen and oxygen atoms in total. The molecular formula is C13H13N3OS. The summed E-state index contributed by atoms with van der Waals surface area (Å²) < 4.78 is 7.36. The van der Waals surface area contributed by atoms with Crippen LogP contribution in [0.5, 0.6) is 5.75 Å². The highest BCUT2D eigenvalue weighted by atomic mass is 32.2. The van der Waals surface area contributed by atoms with E-state index in [4.69, 9.17) is 10.00 Å². The summed E-state index contributed by atoms with van der Waals surface area (Å²) in [6, 6.07) is 9.91. The molecule has 0 spiro atoms. The molecular weight excluding hydrogens is 246 g/mol. The van der Waals surface area contributed by atoms with Crippen LogP contribution in [0.1, 0.15) is 6.92 Å². The van der Waals surface area contributed by atoms with Gasteiger partial charge in [-0.1, -0.05) is 11.8 Å². The molecule has 0 saturated carbocycles. The molecule has 0 fully saturated rings. The first-order valence-corrected chi connectivity index (χ1v) is 6.60. The van der Waals surface area contributed by atoms with Crippen LogP contribution in [-0.4, -0.2) is 21.9 Å². The summed E-state index contributed by atoms with van der Waals surface area (Å²) >= 11 is 1.42. The van der Waals surface area contributed by atoms with Crippen LogP contribution < -0.4 is 4.74 Å². The Balaban J connectivity index is 2.20. The van der Waals surface area contributed by atoms with Crippen LogP contribution in [0.2, 0.25) is 0 Å². The largest absolute Gasteiger partial charge is 0.494 e. The third-order valence-corrected chi connectivity index (χ3v) is 3.13. The van der Waals surface area contributed by atoms with Crippen molar-refractivity contribution in [1.82, 2.24) is 9.55 Å². The fourth-order valence-corrected chi connectivity index (χ4v) is 2.19. The highest BCUT2D eigenvalue weighted by Crippen LogP contribution is 2.21. The maximum atomic E-state index is 8.60. The van der Waals surface area contributed by atoms with E-state index in [1.165, 1.54) is 11.8 Å². The number of aromatic nitrogens is 2. The van der Waals surface area contributed by atoms with Gasteiger partial charge in [0.15, 0.2) is 5.16 Å². The maximum Gasteiger partial charge on any atom is 0.173 e. The molecule has 0 saturated heterocycles. The summed E-state index contributed by atoms with van der Waals surface area (Å²) in [5, 5.41) is 9.42. The number of nitriles is 1. The zero-order valence-corrected chi connectivity index (χ0v) is 10.9. The van der Waals surface area contributed by atoms with Crippen molar-refractivity contribution in [1.29, 1.82) is 5.26 Å². The molecule has 0 radical (unpaired) electrons. The Labute approximate surface area is 110 Å². The molecule has 0 N–H and O–H groups in total. The summed E-state index contributed by atoms with van der Waals surface area (Å²) in [6.07, 6.45) is 3.62. The number of hydrogen-bond donors (Lipinski definition) is 0. The van der Waals surface area contributed by atoms with Gasteiger partial charge in [0, 0.05) is 18.1 Å². The van der Waals surface area contributed by atoms with E-state index in [1.54, 1.807) is 6.20 Å². The third kappa shape index (κ3) is 2.84. The van der Waals surface area contributed by atoms with Crippen molar-refractivity contribution in [2.24, 2.45) is 0 Å². The van der Waals surface area contributed by atoms with Crippen molar-refractivity contribution >= 4 is 11.8 Å². The molecule has 5 heteroatoms. The minimum atomic E-state index is 0.397. The second-order valence-corrected chi connectivity index (χ2v) is 4.40. The number of imidazole rings is 1.